The fraction of sp³-hybridized carbons (Fsp3) is 0.667. The lowest BCUT2D eigenvalue weighted by Crippen LogP contribution is -2.52. The van der Waals surface area contributed by atoms with Crippen molar-refractivity contribution < 1.29 is 9.32 Å². The summed E-state index contributed by atoms with van der Waals surface area (Å²) in [6.45, 7) is 8.30. The van der Waals surface area contributed by atoms with Crippen LogP contribution in [0.15, 0.2) is 10.6 Å². The molecule has 96 valence electrons. The van der Waals surface area contributed by atoms with Crippen LogP contribution in [-0.2, 0) is 0 Å². The van der Waals surface area contributed by atoms with E-state index in [1.165, 1.54) is 0 Å². The number of aromatic nitrogens is 1. The minimum atomic E-state index is -0.411. The Kier molecular flexibility index (Phi) is 4.28. The molecule has 0 saturated heterocycles. The Labute approximate surface area is 102 Å². The summed E-state index contributed by atoms with van der Waals surface area (Å²) in [5.41, 5.74) is 6.00. The molecule has 1 atom stereocenters. The predicted molar refractivity (Wildman–Crippen MR) is 65.6 cm³/mol. The Morgan fingerprint density at radius 1 is 1.65 bits per heavy atom. The molecule has 0 aliphatic rings. The first-order valence-corrected chi connectivity index (χ1v) is 5.82. The monoisotopic (exact) mass is 239 g/mol. The number of hydrogen-bond acceptors (Lipinski definition) is 4. The molecule has 1 heterocycles. The van der Waals surface area contributed by atoms with Gasteiger partial charge in [0.25, 0.3) is 5.91 Å². The van der Waals surface area contributed by atoms with Gasteiger partial charge in [0.2, 0.25) is 5.76 Å². The fourth-order valence-electron chi connectivity index (χ4n) is 1.89. The van der Waals surface area contributed by atoms with Crippen molar-refractivity contribution in [2.24, 2.45) is 11.7 Å². The maximum absolute atomic E-state index is 11.9. The predicted octanol–water partition coefficient (Wildman–Crippen LogP) is 1.48. The van der Waals surface area contributed by atoms with E-state index in [0.29, 0.717) is 18.2 Å². The molecule has 1 aromatic heterocycles. The van der Waals surface area contributed by atoms with Gasteiger partial charge in [0.1, 0.15) is 0 Å². The zero-order valence-corrected chi connectivity index (χ0v) is 10.9. The number of amides is 1. The van der Waals surface area contributed by atoms with Crippen molar-refractivity contribution in [3.8, 4) is 0 Å². The van der Waals surface area contributed by atoms with Crippen LogP contribution < -0.4 is 11.1 Å². The van der Waals surface area contributed by atoms with E-state index in [0.717, 1.165) is 6.42 Å². The maximum atomic E-state index is 11.9. The number of nitrogens with zero attached hydrogens (tertiary/aromatic N) is 1. The molecule has 0 fully saturated rings. The number of carbonyl (C=O) groups is 1. The van der Waals surface area contributed by atoms with Crippen LogP contribution in [0.1, 0.15) is 43.4 Å². The van der Waals surface area contributed by atoms with Crippen LogP contribution in [-0.4, -0.2) is 23.1 Å². The normalized spacial score (nSPS) is 14.7. The van der Waals surface area contributed by atoms with Crippen molar-refractivity contribution >= 4 is 5.91 Å². The lowest BCUT2D eigenvalue weighted by Gasteiger charge is -2.30. The van der Waals surface area contributed by atoms with Gasteiger partial charge in [-0.2, -0.15) is 0 Å². The lowest BCUT2D eigenvalue weighted by molar-refractivity contribution is 0.0860. The van der Waals surface area contributed by atoms with Gasteiger partial charge in [-0.05, 0) is 26.2 Å². The summed E-state index contributed by atoms with van der Waals surface area (Å²) < 4.78 is 4.92. The zero-order valence-electron chi connectivity index (χ0n) is 10.9. The molecule has 0 spiro atoms. The molecule has 0 bridgehead atoms. The largest absolute Gasteiger partial charge is 0.351 e. The third-order valence-corrected chi connectivity index (χ3v) is 2.58. The molecule has 5 heteroatoms. The van der Waals surface area contributed by atoms with Crippen molar-refractivity contribution in [2.75, 3.05) is 6.54 Å². The van der Waals surface area contributed by atoms with E-state index in [1.54, 1.807) is 13.0 Å². The highest BCUT2D eigenvalue weighted by Crippen LogP contribution is 2.16. The van der Waals surface area contributed by atoms with Crippen LogP contribution >= 0.6 is 0 Å². The second-order valence-electron chi connectivity index (χ2n) is 5.15. The Hall–Kier alpha value is -1.36. The highest BCUT2D eigenvalue weighted by Gasteiger charge is 2.27. The molecule has 0 saturated carbocycles. The molecular formula is C12H21N3O2. The van der Waals surface area contributed by atoms with E-state index >= 15 is 0 Å². The second kappa shape index (κ2) is 5.31. The van der Waals surface area contributed by atoms with Gasteiger partial charge in [0, 0.05) is 12.6 Å². The Morgan fingerprint density at radius 2 is 2.29 bits per heavy atom. The molecular weight excluding hydrogens is 218 g/mol. The number of aryl methyl sites for hydroxylation is 1. The van der Waals surface area contributed by atoms with Crippen molar-refractivity contribution in [1.82, 2.24) is 10.5 Å². The minimum absolute atomic E-state index is 0.228. The van der Waals surface area contributed by atoms with Crippen LogP contribution in [0.25, 0.3) is 0 Å². The van der Waals surface area contributed by atoms with Gasteiger partial charge >= 0.3 is 0 Å². The van der Waals surface area contributed by atoms with E-state index in [2.05, 4.69) is 24.3 Å². The molecule has 1 aromatic rings. The molecule has 0 radical (unpaired) electrons. The quantitative estimate of drug-likeness (QED) is 0.815. The SMILES string of the molecule is Cc1cc(C(=O)NC(C)(CN)CC(C)C)on1. The summed E-state index contributed by atoms with van der Waals surface area (Å²) in [4.78, 5) is 11.9. The number of hydrogen-bond donors (Lipinski definition) is 2. The summed E-state index contributed by atoms with van der Waals surface area (Å²) >= 11 is 0. The first-order valence-electron chi connectivity index (χ1n) is 5.82. The van der Waals surface area contributed by atoms with Gasteiger partial charge in [-0.15, -0.1) is 0 Å². The fourth-order valence-corrected chi connectivity index (χ4v) is 1.89. The average Bonchev–Trinajstić information content (AvgIpc) is 2.63. The van der Waals surface area contributed by atoms with Gasteiger partial charge in [-0.3, -0.25) is 4.79 Å². The van der Waals surface area contributed by atoms with E-state index in [1.807, 2.05) is 6.92 Å². The second-order valence-corrected chi connectivity index (χ2v) is 5.15. The number of rotatable bonds is 5. The number of nitrogens with two attached hydrogens (primary N) is 1. The maximum Gasteiger partial charge on any atom is 0.290 e. The first kappa shape index (κ1) is 13.7. The smallest absolute Gasteiger partial charge is 0.290 e. The van der Waals surface area contributed by atoms with E-state index in [9.17, 15) is 4.79 Å². The summed E-state index contributed by atoms with van der Waals surface area (Å²) in [7, 11) is 0. The van der Waals surface area contributed by atoms with Crippen molar-refractivity contribution in [3.63, 3.8) is 0 Å². The molecule has 3 N–H and O–H groups in total. The first-order chi connectivity index (χ1) is 7.86. The van der Waals surface area contributed by atoms with Crippen LogP contribution in [0.5, 0.6) is 0 Å². The van der Waals surface area contributed by atoms with E-state index < -0.39 is 5.54 Å². The topological polar surface area (TPSA) is 81.2 Å². The van der Waals surface area contributed by atoms with Crippen LogP contribution in [0.2, 0.25) is 0 Å². The van der Waals surface area contributed by atoms with Gasteiger partial charge in [-0.1, -0.05) is 19.0 Å². The molecule has 0 aromatic carbocycles. The Bertz CT molecular complexity index is 387. The molecule has 0 aliphatic carbocycles. The third kappa shape index (κ3) is 3.85. The summed E-state index contributed by atoms with van der Waals surface area (Å²) in [6, 6.07) is 1.61. The van der Waals surface area contributed by atoms with Crippen LogP contribution in [0, 0.1) is 12.8 Å². The van der Waals surface area contributed by atoms with Gasteiger partial charge in [-0.25, -0.2) is 0 Å². The highest BCUT2D eigenvalue weighted by atomic mass is 16.5. The molecule has 5 nitrogen and oxygen atoms in total. The molecule has 17 heavy (non-hydrogen) atoms. The van der Waals surface area contributed by atoms with E-state index in [-0.39, 0.29) is 11.7 Å². The highest BCUT2D eigenvalue weighted by molar-refractivity contribution is 5.91. The zero-order chi connectivity index (χ0) is 13.1. The van der Waals surface area contributed by atoms with Gasteiger partial charge in [0.05, 0.1) is 11.2 Å². The van der Waals surface area contributed by atoms with E-state index in [4.69, 9.17) is 10.3 Å². The van der Waals surface area contributed by atoms with Gasteiger partial charge < -0.3 is 15.6 Å². The van der Waals surface area contributed by atoms with Crippen LogP contribution in [0.3, 0.4) is 0 Å². The summed E-state index contributed by atoms with van der Waals surface area (Å²) in [5.74, 6) is 0.422. The average molecular weight is 239 g/mol. The summed E-state index contributed by atoms with van der Waals surface area (Å²) in [6.07, 6.45) is 0.822. The van der Waals surface area contributed by atoms with Crippen molar-refractivity contribution in [1.29, 1.82) is 0 Å². The third-order valence-electron chi connectivity index (χ3n) is 2.58. The van der Waals surface area contributed by atoms with Gasteiger partial charge in [0.15, 0.2) is 0 Å². The van der Waals surface area contributed by atoms with Crippen molar-refractivity contribution in [2.45, 2.75) is 39.7 Å². The summed E-state index contributed by atoms with van der Waals surface area (Å²) in [5, 5.41) is 6.59. The minimum Gasteiger partial charge on any atom is -0.351 e. The number of carbonyl (C=O) groups excluding carboxylic acids is 1. The molecule has 1 rings (SSSR count). The molecule has 1 unspecified atom stereocenters. The lowest BCUT2D eigenvalue weighted by atomic mass is 9.90. The molecule has 1 amide bonds. The Balaban J connectivity index is 2.71. The van der Waals surface area contributed by atoms with Crippen LogP contribution in [0.4, 0.5) is 0 Å². The number of nitrogens with one attached hydrogen (secondary N) is 1. The standard InChI is InChI=1S/C12H21N3O2/c1-8(2)6-12(4,7-13)14-11(16)10-5-9(3)15-17-10/h5,8H,6-7,13H2,1-4H3,(H,14,16). The Morgan fingerprint density at radius 3 is 2.71 bits per heavy atom. The molecule has 0 aliphatic heterocycles. The van der Waals surface area contributed by atoms with Crippen molar-refractivity contribution in [3.05, 3.63) is 17.5 Å².